The normalized spacial score (nSPS) is 16.3. The number of ether oxygens (including phenoxy) is 1. The Balaban J connectivity index is 1.88. The maximum atomic E-state index is 12.7. The highest BCUT2D eigenvalue weighted by molar-refractivity contribution is 7.92. The van der Waals surface area contributed by atoms with E-state index in [0.29, 0.717) is 24.5 Å². The van der Waals surface area contributed by atoms with Crippen LogP contribution in [0.15, 0.2) is 47.4 Å². The number of carbonyl (C=O) groups is 1. The van der Waals surface area contributed by atoms with E-state index >= 15 is 0 Å². The van der Waals surface area contributed by atoms with Gasteiger partial charge in [0, 0.05) is 24.7 Å². The molecule has 0 aliphatic carbocycles. The molecule has 2 aromatic rings. The predicted octanol–water partition coefficient (Wildman–Crippen LogP) is 3.18. The summed E-state index contributed by atoms with van der Waals surface area (Å²) in [5.74, 6) is 0.560. The SMILES string of the molecule is CCOc1cccc(NS(=O)(=O)c2ccc3c(c2)C[C@@H](C)N3C(C)=O)c1. The van der Waals surface area contributed by atoms with E-state index in [0.717, 1.165) is 11.3 Å². The second kappa shape index (κ2) is 6.99. The fraction of sp³-hybridized carbons (Fsp3) is 0.316. The van der Waals surface area contributed by atoms with Crippen LogP contribution >= 0.6 is 0 Å². The van der Waals surface area contributed by atoms with Crippen LogP contribution in [0.25, 0.3) is 0 Å². The van der Waals surface area contributed by atoms with E-state index in [1.165, 1.54) is 13.0 Å². The third-order valence-corrected chi connectivity index (χ3v) is 5.69. The number of anilines is 2. The lowest BCUT2D eigenvalue weighted by molar-refractivity contribution is -0.116. The second-order valence-corrected chi connectivity index (χ2v) is 7.98. The van der Waals surface area contributed by atoms with Crippen LogP contribution in [0.5, 0.6) is 5.75 Å². The molecule has 1 N–H and O–H groups in total. The van der Waals surface area contributed by atoms with Crippen molar-refractivity contribution in [1.82, 2.24) is 0 Å². The first kappa shape index (κ1) is 18.3. The maximum Gasteiger partial charge on any atom is 0.261 e. The van der Waals surface area contributed by atoms with Gasteiger partial charge in [-0.3, -0.25) is 9.52 Å². The first-order chi connectivity index (χ1) is 12.3. The van der Waals surface area contributed by atoms with Crippen LogP contribution in [-0.4, -0.2) is 27.0 Å². The van der Waals surface area contributed by atoms with Crippen molar-refractivity contribution in [3.63, 3.8) is 0 Å². The van der Waals surface area contributed by atoms with E-state index in [1.54, 1.807) is 41.3 Å². The number of nitrogens with zero attached hydrogens (tertiary/aromatic N) is 1. The van der Waals surface area contributed by atoms with Gasteiger partial charge in [0.15, 0.2) is 0 Å². The lowest BCUT2D eigenvalue weighted by Crippen LogP contribution is -2.33. The zero-order valence-corrected chi connectivity index (χ0v) is 15.8. The van der Waals surface area contributed by atoms with Crippen LogP contribution in [0.4, 0.5) is 11.4 Å². The van der Waals surface area contributed by atoms with Gasteiger partial charge in [-0.15, -0.1) is 0 Å². The number of hydrogen-bond acceptors (Lipinski definition) is 4. The Morgan fingerprint density at radius 1 is 1.27 bits per heavy atom. The Bertz CT molecular complexity index is 940. The summed E-state index contributed by atoms with van der Waals surface area (Å²) < 4.78 is 33.5. The van der Waals surface area contributed by atoms with Crippen LogP contribution in [-0.2, 0) is 21.2 Å². The molecule has 0 spiro atoms. The van der Waals surface area contributed by atoms with Crippen molar-refractivity contribution in [2.75, 3.05) is 16.2 Å². The summed E-state index contributed by atoms with van der Waals surface area (Å²) >= 11 is 0. The van der Waals surface area contributed by atoms with Gasteiger partial charge in [0.05, 0.1) is 17.2 Å². The molecule has 0 bridgehead atoms. The molecule has 6 nitrogen and oxygen atoms in total. The van der Waals surface area contributed by atoms with Gasteiger partial charge in [0.25, 0.3) is 10.0 Å². The highest BCUT2D eigenvalue weighted by atomic mass is 32.2. The fourth-order valence-electron chi connectivity index (χ4n) is 3.28. The molecule has 7 heteroatoms. The predicted molar refractivity (Wildman–Crippen MR) is 101 cm³/mol. The number of nitrogens with one attached hydrogen (secondary N) is 1. The standard InChI is InChI=1S/C19H22N2O4S/c1-4-25-17-7-5-6-16(12-17)20-26(23,24)18-8-9-19-15(11-18)10-13(2)21(19)14(3)22/h5-9,11-13,20H,4,10H2,1-3H3/t13-/m1/s1. The number of fused-ring (bicyclic) bond motifs is 1. The molecule has 1 aliphatic rings. The molecule has 0 unspecified atom stereocenters. The second-order valence-electron chi connectivity index (χ2n) is 6.30. The average molecular weight is 374 g/mol. The smallest absolute Gasteiger partial charge is 0.261 e. The number of sulfonamides is 1. The summed E-state index contributed by atoms with van der Waals surface area (Å²) in [6.45, 7) is 5.84. The third kappa shape index (κ3) is 3.53. The monoisotopic (exact) mass is 374 g/mol. The first-order valence-corrected chi connectivity index (χ1v) is 9.98. The number of benzene rings is 2. The average Bonchev–Trinajstić information content (AvgIpc) is 2.90. The van der Waals surface area contributed by atoms with E-state index in [4.69, 9.17) is 4.74 Å². The van der Waals surface area contributed by atoms with Gasteiger partial charge < -0.3 is 9.64 Å². The van der Waals surface area contributed by atoms with Crippen LogP contribution < -0.4 is 14.4 Å². The summed E-state index contributed by atoms with van der Waals surface area (Å²) in [7, 11) is -3.73. The van der Waals surface area contributed by atoms with Gasteiger partial charge in [0.1, 0.15) is 5.75 Å². The van der Waals surface area contributed by atoms with E-state index in [1.807, 2.05) is 13.8 Å². The molecule has 1 atom stereocenters. The Kier molecular flexibility index (Phi) is 4.91. The fourth-order valence-corrected chi connectivity index (χ4v) is 4.38. The van der Waals surface area contributed by atoms with E-state index in [-0.39, 0.29) is 16.8 Å². The topological polar surface area (TPSA) is 75.7 Å². The number of rotatable bonds is 5. The number of carbonyl (C=O) groups excluding carboxylic acids is 1. The van der Waals surface area contributed by atoms with Gasteiger partial charge >= 0.3 is 0 Å². The zero-order chi connectivity index (χ0) is 18.9. The number of hydrogen-bond donors (Lipinski definition) is 1. The van der Waals surface area contributed by atoms with Gasteiger partial charge in [-0.2, -0.15) is 0 Å². The quantitative estimate of drug-likeness (QED) is 0.872. The minimum absolute atomic E-state index is 0.0243. The molecule has 138 valence electrons. The lowest BCUT2D eigenvalue weighted by atomic mass is 10.1. The van der Waals surface area contributed by atoms with Crippen molar-refractivity contribution in [2.45, 2.75) is 38.1 Å². The zero-order valence-electron chi connectivity index (χ0n) is 15.0. The molecule has 26 heavy (non-hydrogen) atoms. The molecule has 3 rings (SSSR count). The molecule has 0 saturated carbocycles. The Labute approximate surface area is 153 Å². The van der Waals surface area contributed by atoms with E-state index < -0.39 is 10.0 Å². The molecular weight excluding hydrogens is 352 g/mol. The maximum absolute atomic E-state index is 12.7. The minimum atomic E-state index is -3.73. The van der Waals surface area contributed by atoms with Crippen molar-refractivity contribution in [3.05, 3.63) is 48.0 Å². The van der Waals surface area contributed by atoms with Gasteiger partial charge in [-0.25, -0.2) is 8.42 Å². The van der Waals surface area contributed by atoms with Crippen molar-refractivity contribution in [1.29, 1.82) is 0 Å². The van der Waals surface area contributed by atoms with Gasteiger partial charge in [-0.1, -0.05) is 6.07 Å². The molecular formula is C19H22N2O4S. The summed E-state index contributed by atoms with van der Waals surface area (Å²) in [5, 5.41) is 0. The molecule has 0 saturated heterocycles. The van der Waals surface area contributed by atoms with Crippen molar-refractivity contribution < 1.29 is 17.9 Å². The molecule has 1 heterocycles. The molecule has 0 aromatic heterocycles. The molecule has 1 aliphatic heterocycles. The summed E-state index contributed by atoms with van der Waals surface area (Å²) in [6, 6.07) is 11.7. The van der Waals surface area contributed by atoms with Crippen LogP contribution in [0.3, 0.4) is 0 Å². The van der Waals surface area contributed by atoms with E-state index in [9.17, 15) is 13.2 Å². The van der Waals surface area contributed by atoms with Crippen molar-refractivity contribution in [3.8, 4) is 5.75 Å². The first-order valence-electron chi connectivity index (χ1n) is 8.50. The van der Waals surface area contributed by atoms with Crippen molar-refractivity contribution in [2.24, 2.45) is 0 Å². The largest absolute Gasteiger partial charge is 0.494 e. The molecule has 0 fully saturated rings. The minimum Gasteiger partial charge on any atom is -0.494 e. The van der Waals surface area contributed by atoms with Gasteiger partial charge in [0.2, 0.25) is 5.91 Å². The highest BCUT2D eigenvalue weighted by Gasteiger charge is 2.30. The third-order valence-electron chi connectivity index (χ3n) is 4.31. The Hall–Kier alpha value is -2.54. The van der Waals surface area contributed by atoms with Crippen molar-refractivity contribution >= 4 is 27.3 Å². The Morgan fingerprint density at radius 2 is 2.04 bits per heavy atom. The van der Waals surface area contributed by atoms with Gasteiger partial charge in [-0.05, 0) is 56.2 Å². The van der Waals surface area contributed by atoms with Crippen LogP contribution in [0.2, 0.25) is 0 Å². The molecule has 1 amide bonds. The highest BCUT2D eigenvalue weighted by Crippen LogP contribution is 2.34. The number of amides is 1. The Morgan fingerprint density at radius 3 is 2.73 bits per heavy atom. The molecule has 0 radical (unpaired) electrons. The summed E-state index contributed by atoms with van der Waals surface area (Å²) in [6.07, 6.45) is 0.637. The van der Waals surface area contributed by atoms with Crippen LogP contribution in [0.1, 0.15) is 26.3 Å². The van der Waals surface area contributed by atoms with E-state index in [2.05, 4.69) is 4.72 Å². The van der Waals surface area contributed by atoms with Crippen LogP contribution in [0, 0.1) is 0 Å². The lowest BCUT2D eigenvalue weighted by Gasteiger charge is -2.20. The molecule has 2 aromatic carbocycles. The summed E-state index contributed by atoms with van der Waals surface area (Å²) in [5.41, 5.74) is 2.08. The summed E-state index contributed by atoms with van der Waals surface area (Å²) in [4.78, 5) is 13.7.